The lowest BCUT2D eigenvalue weighted by molar-refractivity contribution is -0.115. The van der Waals surface area contributed by atoms with Gasteiger partial charge in [-0.05, 0) is 36.8 Å². The van der Waals surface area contributed by atoms with Gasteiger partial charge in [0.2, 0.25) is 5.91 Å². The van der Waals surface area contributed by atoms with Gasteiger partial charge in [-0.15, -0.1) is 10.2 Å². The molecule has 33 heavy (non-hydrogen) atoms. The molecule has 0 saturated heterocycles. The number of anilines is 1. The van der Waals surface area contributed by atoms with Crippen molar-refractivity contribution in [2.75, 3.05) is 11.9 Å². The van der Waals surface area contributed by atoms with Crippen LogP contribution in [0.5, 0.6) is 5.75 Å². The molecule has 0 bridgehead atoms. The molecule has 0 fully saturated rings. The van der Waals surface area contributed by atoms with Crippen LogP contribution >= 0.6 is 23.4 Å². The van der Waals surface area contributed by atoms with Gasteiger partial charge in [0, 0.05) is 12.6 Å². The van der Waals surface area contributed by atoms with E-state index in [1.807, 2.05) is 97.4 Å². The number of nitrogens with zero attached hydrogens (tertiary/aromatic N) is 3. The summed E-state index contributed by atoms with van der Waals surface area (Å²) in [6, 6.07) is 24.5. The van der Waals surface area contributed by atoms with E-state index in [-0.39, 0.29) is 5.91 Å². The molecule has 4 rings (SSSR count). The Bertz CT molecular complexity index is 1250. The van der Waals surface area contributed by atoms with Crippen LogP contribution in [0.15, 0.2) is 84.0 Å². The van der Waals surface area contributed by atoms with Crippen molar-refractivity contribution < 1.29 is 9.53 Å². The Labute approximate surface area is 202 Å². The molecule has 1 atom stereocenters. The smallest absolute Gasteiger partial charge is 0.242 e. The van der Waals surface area contributed by atoms with Crippen LogP contribution in [0.25, 0.3) is 11.4 Å². The molecule has 1 aromatic heterocycles. The van der Waals surface area contributed by atoms with Crippen molar-refractivity contribution >= 4 is 35.0 Å². The number of hydrogen-bond donors (Lipinski definition) is 1. The first-order valence-corrected chi connectivity index (χ1v) is 11.7. The largest absolute Gasteiger partial charge is 0.492 e. The first-order valence-electron chi connectivity index (χ1n) is 10.5. The third kappa shape index (κ3) is 5.21. The SMILES string of the molecule is CCOc1ccccc1NC(=O)[C@H](Sc1nnc(-c2ccccc2Cl)n1C)c1ccccc1. The van der Waals surface area contributed by atoms with Gasteiger partial charge in [0.05, 0.1) is 17.3 Å². The predicted octanol–water partition coefficient (Wildman–Crippen LogP) is 6.01. The van der Waals surface area contributed by atoms with Crippen molar-refractivity contribution in [3.63, 3.8) is 0 Å². The van der Waals surface area contributed by atoms with Gasteiger partial charge in [0.1, 0.15) is 11.0 Å². The summed E-state index contributed by atoms with van der Waals surface area (Å²) in [7, 11) is 1.87. The maximum absolute atomic E-state index is 13.5. The summed E-state index contributed by atoms with van der Waals surface area (Å²) in [6.45, 7) is 2.42. The van der Waals surface area contributed by atoms with Crippen molar-refractivity contribution in [2.45, 2.75) is 17.3 Å². The number of halogens is 1. The molecule has 1 heterocycles. The van der Waals surface area contributed by atoms with E-state index < -0.39 is 5.25 Å². The van der Waals surface area contributed by atoms with E-state index in [9.17, 15) is 4.79 Å². The lowest BCUT2D eigenvalue weighted by Crippen LogP contribution is -2.20. The van der Waals surface area contributed by atoms with E-state index in [1.165, 1.54) is 11.8 Å². The van der Waals surface area contributed by atoms with Gasteiger partial charge in [-0.1, -0.05) is 78.0 Å². The van der Waals surface area contributed by atoms with E-state index in [4.69, 9.17) is 16.3 Å². The van der Waals surface area contributed by atoms with Gasteiger partial charge < -0.3 is 14.6 Å². The normalized spacial score (nSPS) is 11.7. The minimum absolute atomic E-state index is 0.180. The molecule has 0 aliphatic rings. The molecular weight excluding hydrogens is 456 g/mol. The van der Waals surface area contributed by atoms with Gasteiger partial charge in [-0.25, -0.2) is 0 Å². The van der Waals surface area contributed by atoms with Crippen LogP contribution in [0, 0.1) is 0 Å². The highest BCUT2D eigenvalue weighted by Crippen LogP contribution is 2.38. The molecule has 1 N–H and O–H groups in total. The van der Waals surface area contributed by atoms with Crippen molar-refractivity contribution in [3.8, 4) is 17.1 Å². The number of aromatic nitrogens is 3. The zero-order valence-electron chi connectivity index (χ0n) is 18.2. The number of rotatable bonds is 8. The van der Waals surface area contributed by atoms with Gasteiger partial charge in [0.25, 0.3) is 0 Å². The van der Waals surface area contributed by atoms with Crippen LogP contribution in [0.2, 0.25) is 5.02 Å². The first kappa shape index (κ1) is 22.9. The van der Waals surface area contributed by atoms with Crippen molar-refractivity contribution in [1.82, 2.24) is 14.8 Å². The minimum Gasteiger partial charge on any atom is -0.492 e. The molecule has 0 unspecified atom stereocenters. The summed E-state index contributed by atoms with van der Waals surface area (Å²) >= 11 is 7.69. The van der Waals surface area contributed by atoms with Crippen LogP contribution in [-0.2, 0) is 11.8 Å². The fraction of sp³-hybridized carbons (Fsp3) is 0.160. The standard InChI is InChI=1S/C25H23ClN4O2S/c1-3-32-21-16-10-9-15-20(21)27-24(31)22(17-11-5-4-6-12-17)33-25-29-28-23(30(25)2)18-13-7-8-14-19(18)26/h4-16,22H,3H2,1-2H3,(H,27,31)/t22-/m1/s1. The molecule has 1 amide bonds. The van der Waals surface area contributed by atoms with Gasteiger partial charge in [-0.2, -0.15) is 0 Å². The summed E-state index contributed by atoms with van der Waals surface area (Å²) in [5, 5.41) is 12.3. The Kier molecular flexibility index (Phi) is 7.32. The van der Waals surface area contributed by atoms with Gasteiger partial charge >= 0.3 is 0 Å². The second kappa shape index (κ2) is 10.6. The number of thioether (sulfide) groups is 1. The van der Waals surface area contributed by atoms with Crippen molar-refractivity contribution in [1.29, 1.82) is 0 Å². The lowest BCUT2D eigenvalue weighted by atomic mass is 10.1. The van der Waals surface area contributed by atoms with Crippen LogP contribution < -0.4 is 10.1 Å². The summed E-state index contributed by atoms with van der Waals surface area (Å²) in [4.78, 5) is 13.5. The summed E-state index contributed by atoms with van der Waals surface area (Å²) in [6.07, 6.45) is 0. The molecule has 4 aromatic rings. The number of ether oxygens (including phenoxy) is 1. The number of benzene rings is 3. The third-order valence-electron chi connectivity index (χ3n) is 4.96. The molecule has 0 aliphatic heterocycles. The predicted molar refractivity (Wildman–Crippen MR) is 133 cm³/mol. The Morgan fingerprint density at radius 1 is 1.03 bits per heavy atom. The number of para-hydroxylation sites is 2. The highest BCUT2D eigenvalue weighted by Gasteiger charge is 2.26. The molecule has 8 heteroatoms. The Morgan fingerprint density at radius 2 is 1.73 bits per heavy atom. The molecular formula is C25H23ClN4O2S. The second-order valence-corrected chi connectivity index (χ2v) is 8.65. The molecule has 168 valence electrons. The first-order chi connectivity index (χ1) is 16.1. The number of carbonyl (C=O) groups is 1. The summed E-state index contributed by atoms with van der Waals surface area (Å²) < 4.78 is 7.51. The maximum atomic E-state index is 13.5. The monoisotopic (exact) mass is 478 g/mol. The van der Waals surface area contributed by atoms with E-state index in [1.54, 1.807) is 0 Å². The van der Waals surface area contributed by atoms with Crippen LogP contribution in [0.3, 0.4) is 0 Å². The molecule has 3 aromatic carbocycles. The summed E-state index contributed by atoms with van der Waals surface area (Å²) in [5.41, 5.74) is 2.27. The van der Waals surface area contributed by atoms with Gasteiger partial charge in [-0.3, -0.25) is 4.79 Å². The van der Waals surface area contributed by atoms with Crippen molar-refractivity contribution in [2.24, 2.45) is 7.05 Å². The van der Waals surface area contributed by atoms with Crippen LogP contribution in [0.1, 0.15) is 17.7 Å². The Balaban J connectivity index is 1.65. The molecule has 0 aliphatic carbocycles. The average molecular weight is 479 g/mol. The zero-order valence-corrected chi connectivity index (χ0v) is 19.8. The topological polar surface area (TPSA) is 69.0 Å². The van der Waals surface area contributed by atoms with E-state index in [0.29, 0.717) is 34.0 Å². The number of hydrogen-bond acceptors (Lipinski definition) is 5. The lowest BCUT2D eigenvalue weighted by Gasteiger charge is -2.18. The Hall–Kier alpha value is -3.29. The van der Waals surface area contributed by atoms with E-state index in [2.05, 4.69) is 15.5 Å². The quantitative estimate of drug-likeness (QED) is 0.314. The highest BCUT2D eigenvalue weighted by atomic mass is 35.5. The third-order valence-corrected chi connectivity index (χ3v) is 6.58. The molecule has 0 spiro atoms. The van der Waals surface area contributed by atoms with Crippen LogP contribution in [0.4, 0.5) is 5.69 Å². The fourth-order valence-electron chi connectivity index (χ4n) is 3.35. The maximum Gasteiger partial charge on any atom is 0.242 e. The Morgan fingerprint density at radius 3 is 2.48 bits per heavy atom. The van der Waals surface area contributed by atoms with Gasteiger partial charge in [0.15, 0.2) is 11.0 Å². The highest BCUT2D eigenvalue weighted by molar-refractivity contribution is 8.00. The number of nitrogens with one attached hydrogen (secondary N) is 1. The van der Waals surface area contributed by atoms with E-state index in [0.717, 1.165) is 11.1 Å². The average Bonchev–Trinajstić information content (AvgIpc) is 3.19. The molecule has 0 radical (unpaired) electrons. The zero-order chi connectivity index (χ0) is 23.2. The van der Waals surface area contributed by atoms with Crippen LogP contribution in [-0.4, -0.2) is 27.3 Å². The molecule has 0 saturated carbocycles. The molecule has 6 nitrogen and oxygen atoms in total. The minimum atomic E-state index is -0.553. The van der Waals surface area contributed by atoms with E-state index >= 15 is 0 Å². The summed E-state index contributed by atoms with van der Waals surface area (Å²) in [5.74, 6) is 1.09. The van der Waals surface area contributed by atoms with Crippen molar-refractivity contribution in [3.05, 3.63) is 89.4 Å². The second-order valence-electron chi connectivity index (χ2n) is 7.17. The number of carbonyl (C=O) groups excluding carboxylic acids is 1. The fourth-order valence-corrected chi connectivity index (χ4v) is 4.57. The number of amides is 1.